The van der Waals surface area contributed by atoms with Crippen molar-refractivity contribution in [2.45, 2.75) is 11.3 Å². The van der Waals surface area contributed by atoms with E-state index in [1.165, 1.54) is 24.0 Å². The molecular formula is C22H31N3O3S. The third kappa shape index (κ3) is 6.27. The van der Waals surface area contributed by atoms with Crippen molar-refractivity contribution in [3.63, 3.8) is 0 Å². The fraction of sp³-hybridized carbons (Fsp3) is 0.455. The Morgan fingerprint density at radius 2 is 1.45 bits per heavy atom. The molecule has 3 rings (SSSR count). The van der Waals surface area contributed by atoms with Crippen molar-refractivity contribution in [3.05, 3.63) is 60.2 Å². The number of nitrogens with zero attached hydrogens (tertiary/aromatic N) is 3. The fourth-order valence-electron chi connectivity index (χ4n) is 3.38. The standard InChI is InChI=1S/C22H31N3O3S/c1-23(2)29(26,27)22-10-8-21(9-11-22)28-19-18-25-16-14-24(15-17-25)13-12-20-6-4-3-5-7-20/h3-11H,12-19H2,1-2H3. The molecule has 0 unspecified atom stereocenters. The molecule has 0 aromatic heterocycles. The van der Waals surface area contributed by atoms with Crippen LogP contribution in [0.5, 0.6) is 5.75 Å². The van der Waals surface area contributed by atoms with Crippen molar-refractivity contribution in [1.29, 1.82) is 0 Å². The molecule has 158 valence electrons. The summed E-state index contributed by atoms with van der Waals surface area (Å²) >= 11 is 0. The van der Waals surface area contributed by atoms with Crippen molar-refractivity contribution in [1.82, 2.24) is 14.1 Å². The van der Waals surface area contributed by atoms with Crippen LogP contribution in [0.1, 0.15) is 5.56 Å². The lowest BCUT2D eigenvalue weighted by molar-refractivity contribution is 0.118. The first-order valence-corrected chi connectivity index (χ1v) is 11.5. The number of hydrogen-bond acceptors (Lipinski definition) is 5. The predicted molar refractivity (Wildman–Crippen MR) is 116 cm³/mol. The van der Waals surface area contributed by atoms with Gasteiger partial charge in [-0.15, -0.1) is 0 Å². The van der Waals surface area contributed by atoms with Crippen LogP contribution in [0.25, 0.3) is 0 Å². The van der Waals surface area contributed by atoms with Gasteiger partial charge in [0, 0.05) is 53.4 Å². The van der Waals surface area contributed by atoms with E-state index in [1.807, 2.05) is 0 Å². The molecule has 0 amide bonds. The molecule has 2 aromatic carbocycles. The van der Waals surface area contributed by atoms with E-state index in [0.29, 0.717) is 12.4 Å². The van der Waals surface area contributed by atoms with Gasteiger partial charge in [0.25, 0.3) is 0 Å². The molecule has 1 saturated heterocycles. The van der Waals surface area contributed by atoms with Gasteiger partial charge in [-0.05, 0) is 36.2 Å². The highest BCUT2D eigenvalue weighted by Gasteiger charge is 2.18. The lowest BCUT2D eigenvalue weighted by Crippen LogP contribution is -2.47. The monoisotopic (exact) mass is 417 g/mol. The van der Waals surface area contributed by atoms with E-state index in [9.17, 15) is 8.42 Å². The molecule has 1 heterocycles. The van der Waals surface area contributed by atoms with Crippen LogP contribution in [0.4, 0.5) is 0 Å². The Kier molecular flexibility index (Phi) is 7.66. The highest BCUT2D eigenvalue weighted by Crippen LogP contribution is 2.18. The Balaban J connectivity index is 1.35. The number of rotatable bonds is 9. The van der Waals surface area contributed by atoms with E-state index in [1.54, 1.807) is 24.3 Å². The van der Waals surface area contributed by atoms with Crippen LogP contribution in [-0.4, -0.2) is 82.5 Å². The third-order valence-corrected chi connectivity index (χ3v) is 7.13. The minimum Gasteiger partial charge on any atom is -0.492 e. The molecular weight excluding hydrogens is 386 g/mol. The summed E-state index contributed by atoms with van der Waals surface area (Å²) in [6.45, 7) is 6.87. The van der Waals surface area contributed by atoms with Crippen LogP contribution >= 0.6 is 0 Å². The van der Waals surface area contributed by atoms with Crippen molar-refractivity contribution in [2.75, 3.05) is 60.0 Å². The zero-order valence-electron chi connectivity index (χ0n) is 17.3. The van der Waals surface area contributed by atoms with Gasteiger partial charge in [0.2, 0.25) is 10.0 Å². The molecule has 6 nitrogen and oxygen atoms in total. The lowest BCUT2D eigenvalue weighted by atomic mass is 10.1. The van der Waals surface area contributed by atoms with Crippen LogP contribution in [0.3, 0.4) is 0 Å². The first kappa shape index (κ1) is 21.8. The summed E-state index contributed by atoms with van der Waals surface area (Å²) in [7, 11) is -0.336. The van der Waals surface area contributed by atoms with Gasteiger partial charge < -0.3 is 9.64 Å². The number of benzene rings is 2. The quantitative estimate of drug-likeness (QED) is 0.626. The molecule has 2 aromatic rings. The van der Waals surface area contributed by atoms with Crippen LogP contribution < -0.4 is 4.74 Å². The summed E-state index contributed by atoms with van der Waals surface area (Å²) < 4.78 is 31.2. The van der Waals surface area contributed by atoms with Gasteiger partial charge in [-0.2, -0.15) is 0 Å². The average Bonchev–Trinajstić information content (AvgIpc) is 2.74. The molecule has 0 radical (unpaired) electrons. The SMILES string of the molecule is CN(C)S(=O)(=O)c1ccc(OCCN2CCN(CCc3ccccc3)CC2)cc1. The molecule has 1 aliphatic rings. The van der Waals surface area contributed by atoms with E-state index >= 15 is 0 Å². The summed E-state index contributed by atoms with van der Waals surface area (Å²) in [5.74, 6) is 0.698. The Morgan fingerprint density at radius 3 is 2.03 bits per heavy atom. The normalized spacial score (nSPS) is 16.2. The molecule has 7 heteroatoms. The Bertz CT molecular complexity index is 847. The van der Waals surface area contributed by atoms with Gasteiger partial charge >= 0.3 is 0 Å². The summed E-state index contributed by atoms with van der Waals surface area (Å²) in [5, 5.41) is 0. The zero-order valence-corrected chi connectivity index (χ0v) is 18.1. The molecule has 1 aliphatic heterocycles. The molecule has 0 N–H and O–H groups in total. The van der Waals surface area contributed by atoms with Gasteiger partial charge in [0.15, 0.2) is 0 Å². The van der Waals surface area contributed by atoms with E-state index in [4.69, 9.17) is 4.74 Å². The van der Waals surface area contributed by atoms with Crippen molar-refractivity contribution in [2.24, 2.45) is 0 Å². The van der Waals surface area contributed by atoms with Gasteiger partial charge in [0.05, 0.1) is 4.90 Å². The molecule has 0 atom stereocenters. The highest BCUT2D eigenvalue weighted by molar-refractivity contribution is 7.89. The zero-order chi connectivity index (χ0) is 20.7. The molecule has 0 bridgehead atoms. The van der Waals surface area contributed by atoms with Crippen molar-refractivity contribution < 1.29 is 13.2 Å². The van der Waals surface area contributed by atoms with E-state index < -0.39 is 10.0 Å². The molecule has 0 saturated carbocycles. The second-order valence-corrected chi connectivity index (χ2v) is 9.68. The summed E-state index contributed by atoms with van der Waals surface area (Å²) in [6, 6.07) is 17.3. The molecule has 0 spiro atoms. The van der Waals surface area contributed by atoms with Gasteiger partial charge in [0.1, 0.15) is 12.4 Å². The summed E-state index contributed by atoms with van der Waals surface area (Å²) in [4.78, 5) is 5.22. The second-order valence-electron chi connectivity index (χ2n) is 7.53. The second kappa shape index (κ2) is 10.2. The van der Waals surface area contributed by atoms with E-state index in [2.05, 4.69) is 40.1 Å². The first-order chi connectivity index (χ1) is 13.9. The number of hydrogen-bond donors (Lipinski definition) is 0. The van der Waals surface area contributed by atoms with Gasteiger partial charge in [-0.25, -0.2) is 12.7 Å². The Labute approximate surface area is 174 Å². The number of ether oxygens (including phenoxy) is 1. The first-order valence-electron chi connectivity index (χ1n) is 10.1. The van der Waals surface area contributed by atoms with Crippen LogP contribution in [0.2, 0.25) is 0 Å². The highest BCUT2D eigenvalue weighted by atomic mass is 32.2. The minimum absolute atomic E-state index is 0.279. The van der Waals surface area contributed by atoms with E-state index in [0.717, 1.165) is 45.7 Å². The smallest absolute Gasteiger partial charge is 0.242 e. The topological polar surface area (TPSA) is 53.1 Å². The third-order valence-electron chi connectivity index (χ3n) is 5.30. The van der Waals surface area contributed by atoms with Crippen molar-refractivity contribution in [3.8, 4) is 5.75 Å². The maximum atomic E-state index is 12.1. The maximum Gasteiger partial charge on any atom is 0.242 e. The van der Waals surface area contributed by atoms with Crippen molar-refractivity contribution >= 4 is 10.0 Å². The minimum atomic E-state index is -3.39. The van der Waals surface area contributed by atoms with E-state index in [-0.39, 0.29) is 4.90 Å². The maximum absolute atomic E-state index is 12.1. The fourth-order valence-corrected chi connectivity index (χ4v) is 4.28. The Morgan fingerprint density at radius 1 is 0.862 bits per heavy atom. The summed E-state index contributed by atoms with van der Waals surface area (Å²) in [6.07, 6.45) is 1.10. The molecule has 1 fully saturated rings. The lowest BCUT2D eigenvalue weighted by Gasteiger charge is -2.34. The van der Waals surface area contributed by atoms with Gasteiger partial charge in [-0.1, -0.05) is 30.3 Å². The van der Waals surface area contributed by atoms with Crippen LogP contribution in [-0.2, 0) is 16.4 Å². The van der Waals surface area contributed by atoms with Gasteiger partial charge in [-0.3, -0.25) is 4.90 Å². The number of sulfonamides is 1. The Hall–Kier alpha value is -1.93. The predicted octanol–water partition coefficient (Wildman–Crippen LogP) is 2.18. The molecule has 0 aliphatic carbocycles. The number of piperazine rings is 1. The molecule has 29 heavy (non-hydrogen) atoms. The largest absolute Gasteiger partial charge is 0.492 e. The van der Waals surface area contributed by atoms with Crippen LogP contribution in [0, 0.1) is 0 Å². The average molecular weight is 418 g/mol. The van der Waals surface area contributed by atoms with Crippen LogP contribution in [0.15, 0.2) is 59.5 Å². The summed E-state index contributed by atoms with van der Waals surface area (Å²) in [5.41, 5.74) is 1.40.